The van der Waals surface area contributed by atoms with E-state index in [9.17, 15) is 4.79 Å². The molecule has 5 aromatic rings. The molecule has 0 unspecified atom stereocenters. The first-order valence-electron chi connectivity index (χ1n) is 11.3. The van der Waals surface area contributed by atoms with Gasteiger partial charge in [0.25, 0.3) is 5.91 Å². The lowest BCUT2D eigenvalue weighted by atomic mass is 10.0. The molecule has 0 radical (unpaired) electrons. The Hall–Kier alpha value is -4.17. The molecule has 0 atom stereocenters. The fraction of sp³-hybridized carbons (Fsp3) is 0.107. The number of nitrogens with one attached hydrogen (secondary N) is 2. The highest BCUT2D eigenvalue weighted by Gasteiger charge is 2.21. The van der Waals surface area contributed by atoms with E-state index in [0.717, 1.165) is 26.9 Å². The number of pyridine rings is 1. The molecule has 8 heteroatoms. The van der Waals surface area contributed by atoms with Gasteiger partial charge in [-0.15, -0.1) is 0 Å². The highest BCUT2D eigenvalue weighted by Crippen LogP contribution is 2.35. The number of fused-ring (bicyclic) bond motifs is 1. The first kappa shape index (κ1) is 23.6. The van der Waals surface area contributed by atoms with Crippen molar-refractivity contribution in [1.29, 1.82) is 0 Å². The van der Waals surface area contributed by atoms with E-state index in [4.69, 9.17) is 14.5 Å². The lowest BCUT2D eigenvalue weighted by Gasteiger charge is -2.12. The molecule has 36 heavy (non-hydrogen) atoms. The van der Waals surface area contributed by atoms with Crippen LogP contribution in [-0.2, 0) is 6.54 Å². The molecule has 2 aromatic heterocycles. The summed E-state index contributed by atoms with van der Waals surface area (Å²) in [5.74, 6) is 0.970. The second kappa shape index (κ2) is 10.2. The van der Waals surface area contributed by atoms with Gasteiger partial charge in [-0.25, -0.2) is 4.98 Å². The highest BCUT2D eigenvalue weighted by atomic mass is 79.9. The van der Waals surface area contributed by atoms with Gasteiger partial charge in [-0.05, 0) is 42.0 Å². The average Bonchev–Trinajstić information content (AvgIpc) is 3.36. The number of halogens is 1. The Labute approximate surface area is 216 Å². The maximum absolute atomic E-state index is 13.5. The number of amides is 1. The number of hydrogen-bond donors (Lipinski definition) is 2. The van der Waals surface area contributed by atoms with Gasteiger partial charge in [0.1, 0.15) is 0 Å². The molecule has 0 aliphatic heterocycles. The molecule has 0 aliphatic rings. The van der Waals surface area contributed by atoms with Crippen molar-refractivity contribution in [3.8, 4) is 34.0 Å². The average molecular weight is 543 g/mol. The van der Waals surface area contributed by atoms with Crippen LogP contribution in [0.1, 0.15) is 15.9 Å². The number of nitrogens with zero attached hydrogens (tertiary/aromatic N) is 2. The van der Waals surface area contributed by atoms with Gasteiger partial charge in [0, 0.05) is 22.1 Å². The van der Waals surface area contributed by atoms with E-state index >= 15 is 0 Å². The second-order valence-electron chi connectivity index (χ2n) is 8.10. The van der Waals surface area contributed by atoms with Crippen LogP contribution in [0.25, 0.3) is 33.5 Å². The molecule has 2 N–H and O–H groups in total. The van der Waals surface area contributed by atoms with E-state index in [1.54, 1.807) is 20.3 Å². The normalized spacial score (nSPS) is 10.9. The van der Waals surface area contributed by atoms with Gasteiger partial charge >= 0.3 is 0 Å². The minimum absolute atomic E-state index is 0.215. The van der Waals surface area contributed by atoms with Crippen LogP contribution >= 0.6 is 15.9 Å². The van der Waals surface area contributed by atoms with Crippen molar-refractivity contribution in [2.45, 2.75) is 6.54 Å². The number of carbonyl (C=O) groups excluding carboxylic acids is 1. The van der Waals surface area contributed by atoms with Crippen molar-refractivity contribution in [3.05, 3.63) is 94.5 Å². The van der Waals surface area contributed by atoms with Gasteiger partial charge in [0.15, 0.2) is 17.1 Å². The van der Waals surface area contributed by atoms with E-state index in [0.29, 0.717) is 40.3 Å². The van der Waals surface area contributed by atoms with Crippen LogP contribution in [0.15, 0.2) is 83.3 Å². The van der Waals surface area contributed by atoms with Gasteiger partial charge in [-0.1, -0.05) is 58.4 Å². The SMILES string of the molecule is COc1ccc(-c2cc(C(=O)NCc3ccccc3)c3c(-c4ccc(Br)cc4)[nH]nc3n2)cc1OC. The first-order valence-corrected chi connectivity index (χ1v) is 12.1. The topological polar surface area (TPSA) is 89.1 Å². The summed E-state index contributed by atoms with van der Waals surface area (Å²) in [5.41, 5.74) is 4.95. The van der Waals surface area contributed by atoms with Gasteiger partial charge in [-0.3, -0.25) is 9.89 Å². The van der Waals surface area contributed by atoms with E-state index in [2.05, 4.69) is 31.4 Å². The Bertz CT molecular complexity index is 1530. The molecule has 7 nitrogen and oxygen atoms in total. The predicted octanol–water partition coefficient (Wildman–Crippen LogP) is 6.00. The van der Waals surface area contributed by atoms with Gasteiger partial charge < -0.3 is 14.8 Å². The molecular weight excluding hydrogens is 520 g/mol. The lowest BCUT2D eigenvalue weighted by molar-refractivity contribution is 0.0952. The number of H-pyrrole nitrogens is 1. The van der Waals surface area contributed by atoms with Gasteiger partial charge in [0.05, 0.1) is 36.6 Å². The minimum atomic E-state index is -0.215. The third-order valence-corrected chi connectivity index (χ3v) is 6.41. The van der Waals surface area contributed by atoms with Crippen molar-refractivity contribution >= 4 is 32.9 Å². The number of aromatic amines is 1. The summed E-state index contributed by atoms with van der Waals surface area (Å²) in [6.45, 7) is 0.403. The molecule has 0 fully saturated rings. The first-order chi connectivity index (χ1) is 17.6. The summed E-state index contributed by atoms with van der Waals surface area (Å²) in [5, 5.41) is 11.2. The molecular formula is C28H23BrN4O3. The zero-order chi connectivity index (χ0) is 25.1. The molecule has 180 valence electrons. The number of ether oxygens (including phenoxy) is 2. The Morgan fingerprint density at radius 3 is 2.36 bits per heavy atom. The Morgan fingerprint density at radius 1 is 0.917 bits per heavy atom. The third-order valence-electron chi connectivity index (χ3n) is 5.88. The largest absolute Gasteiger partial charge is 0.493 e. The van der Waals surface area contributed by atoms with Crippen molar-refractivity contribution < 1.29 is 14.3 Å². The standard InChI is InChI=1S/C28H23BrN4O3/c1-35-23-13-10-19(14-24(23)36-2)22-15-21(28(34)30-16-17-6-4-3-5-7-17)25-26(32-33-27(25)31-22)18-8-11-20(29)12-9-18/h3-15H,16H2,1-2H3,(H,30,34)(H,31,32,33). The molecule has 0 saturated carbocycles. The monoisotopic (exact) mass is 542 g/mol. The number of aromatic nitrogens is 3. The second-order valence-corrected chi connectivity index (χ2v) is 9.01. The number of carbonyl (C=O) groups is 1. The molecule has 0 bridgehead atoms. The fourth-order valence-electron chi connectivity index (χ4n) is 4.05. The summed E-state index contributed by atoms with van der Waals surface area (Å²) in [6, 6.07) is 24.9. The number of methoxy groups -OCH3 is 2. The maximum Gasteiger partial charge on any atom is 0.252 e. The molecule has 0 spiro atoms. The van der Waals surface area contributed by atoms with Crippen molar-refractivity contribution in [1.82, 2.24) is 20.5 Å². The summed E-state index contributed by atoms with van der Waals surface area (Å²) in [7, 11) is 3.17. The lowest BCUT2D eigenvalue weighted by Crippen LogP contribution is -2.23. The van der Waals surface area contributed by atoms with Crippen LogP contribution in [-0.4, -0.2) is 35.3 Å². The van der Waals surface area contributed by atoms with Crippen molar-refractivity contribution in [2.24, 2.45) is 0 Å². The van der Waals surface area contributed by atoms with Crippen LogP contribution in [0.2, 0.25) is 0 Å². The van der Waals surface area contributed by atoms with Crippen LogP contribution < -0.4 is 14.8 Å². The number of rotatable bonds is 7. The van der Waals surface area contributed by atoms with Gasteiger partial charge in [-0.2, -0.15) is 5.10 Å². The zero-order valence-corrected chi connectivity index (χ0v) is 21.3. The highest BCUT2D eigenvalue weighted by molar-refractivity contribution is 9.10. The third kappa shape index (κ3) is 4.67. The van der Waals surface area contributed by atoms with Gasteiger partial charge in [0.2, 0.25) is 0 Å². The van der Waals surface area contributed by atoms with Crippen molar-refractivity contribution in [2.75, 3.05) is 14.2 Å². The molecule has 2 heterocycles. The van der Waals surface area contributed by atoms with E-state index in [-0.39, 0.29) is 5.91 Å². The summed E-state index contributed by atoms with van der Waals surface area (Å²) in [6.07, 6.45) is 0. The summed E-state index contributed by atoms with van der Waals surface area (Å²) < 4.78 is 11.8. The Balaban J connectivity index is 1.63. The van der Waals surface area contributed by atoms with E-state index in [1.165, 1.54) is 0 Å². The van der Waals surface area contributed by atoms with Crippen LogP contribution in [0.5, 0.6) is 11.5 Å². The molecule has 1 amide bonds. The number of hydrogen-bond acceptors (Lipinski definition) is 5. The Morgan fingerprint density at radius 2 is 1.64 bits per heavy atom. The van der Waals surface area contributed by atoms with Crippen molar-refractivity contribution in [3.63, 3.8) is 0 Å². The minimum Gasteiger partial charge on any atom is -0.493 e. The number of benzene rings is 3. The van der Waals surface area contributed by atoms with Crippen LogP contribution in [0.4, 0.5) is 0 Å². The Kier molecular flexibility index (Phi) is 6.69. The molecule has 5 rings (SSSR count). The van der Waals surface area contributed by atoms with Crippen LogP contribution in [0, 0.1) is 0 Å². The fourth-order valence-corrected chi connectivity index (χ4v) is 4.31. The smallest absolute Gasteiger partial charge is 0.252 e. The van der Waals surface area contributed by atoms with E-state index < -0.39 is 0 Å². The van der Waals surface area contributed by atoms with Crippen LogP contribution in [0.3, 0.4) is 0 Å². The predicted molar refractivity (Wildman–Crippen MR) is 143 cm³/mol. The molecule has 3 aromatic carbocycles. The zero-order valence-electron chi connectivity index (χ0n) is 19.7. The quantitative estimate of drug-likeness (QED) is 0.263. The molecule has 0 saturated heterocycles. The maximum atomic E-state index is 13.5. The summed E-state index contributed by atoms with van der Waals surface area (Å²) >= 11 is 3.47. The van der Waals surface area contributed by atoms with E-state index in [1.807, 2.05) is 72.8 Å². The molecule has 0 aliphatic carbocycles. The summed E-state index contributed by atoms with van der Waals surface area (Å²) in [4.78, 5) is 18.3.